The van der Waals surface area contributed by atoms with Gasteiger partial charge < -0.3 is 4.90 Å². The summed E-state index contributed by atoms with van der Waals surface area (Å²) >= 11 is 13.4. The number of nitrogens with zero attached hydrogens (tertiary/aromatic N) is 4. The molecule has 3 heterocycles. The van der Waals surface area contributed by atoms with Crippen molar-refractivity contribution in [2.75, 3.05) is 18.8 Å². The molecule has 0 aromatic carbocycles. The van der Waals surface area contributed by atoms with E-state index in [4.69, 9.17) is 23.2 Å². The summed E-state index contributed by atoms with van der Waals surface area (Å²) in [6.45, 7) is 1.72. The number of carbonyl (C=O) groups excluding carboxylic acids is 1. The van der Waals surface area contributed by atoms with Gasteiger partial charge in [0.15, 0.2) is 10.8 Å². The molecule has 3 rings (SSSR count). The van der Waals surface area contributed by atoms with Crippen molar-refractivity contribution in [1.29, 1.82) is 0 Å². The molecular weight excluding hydrogens is 319 g/mol. The van der Waals surface area contributed by atoms with E-state index in [0.717, 1.165) is 25.9 Å². The first-order valence-corrected chi connectivity index (χ1v) is 7.99. The van der Waals surface area contributed by atoms with Gasteiger partial charge in [-0.1, -0.05) is 35.0 Å². The molecule has 2 aromatic heterocycles. The van der Waals surface area contributed by atoms with E-state index in [9.17, 15) is 4.79 Å². The minimum absolute atomic E-state index is 0.136. The van der Waals surface area contributed by atoms with Gasteiger partial charge in [0.05, 0.1) is 15.8 Å². The number of hydrogen-bond acceptors (Lipinski definition) is 4. The average Bonchev–Trinajstić information content (AvgIpc) is 3.05. The van der Waals surface area contributed by atoms with Crippen molar-refractivity contribution in [3.63, 3.8) is 0 Å². The first-order chi connectivity index (χ1) is 9.65. The van der Waals surface area contributed by atoms with Crippen LogP contribution in [0.1, 0.15) is 12.8 Å². The number of hydrogen-bond donors (Lipinski definition) is 0. The second kappa shape index (κ2) is 5.79. The molecule has 106 valence electrons. The van der Waals surface area contributed by atoms with Crippen molar-refractivity contribution in [3.05, 3.63) is 22.3 Å². The lowest BCUT2D eigenvalue weighted by Gasteiger charge is -2.14. The minimum atomic E-state index is 0.136. The van der Waals surface area contributed by atoms with E-state index >= 15 is 0 Å². The summed E-state index contributed by atoms with van der Waals surface area (Å²) in [6.07, 6.45) is 3.89. The third kappa shape index (κ3) is 2.73. The Labute approximate surface area is 130 Å². The van der Waals surface area contributed by atoms with Crippen LogP contribution < -0.4 is 0 Å². The summed E-state index contributed by atoms with van der Waals surface area (Å²) in [5.41, 5.74) is 0.548. The number of fused-ring (bicyclic) bond motifs is 1. The number of pyridine rings is 1. The highest BCUT2D eigenvalue weighted by atomic mass is 35.5. The summed E-state index contributed by atoms with van der Waals surface area (Å²) < 4.78 is 1.71. The van der Waals surface area contributed by atoms with Gasteiger partial charge in [-0.3, -0.25) is 9.20 Å². The van der Waals surface area contributed by atoms with Crippen LogP contribution in [-0.2, 0) is 4.79 Å². The van der Waals surface area contributed by atoms with Crippen LogP contribution in [0.15, 0.2) is 17.4 Å². The summed E-state index contributed by atoms with van der Waals surface area (Å²) in [4.78, 5) is 13.9. The monoisotopic (exact) mass is 330 g/mol. The molecule has 1 amide bonds. The van der Waals surface area contributed by atoms with Gasteiger partial charge in [-0.2, -0.15) is 0 Å². The van der Waals surface area contributed by atoms with Gasteiger partial charge in [0, 0.05) is 19.3 Å². The Balaban J connectivity index is 1.76. The molecule has 0 spiro atoms. The molecule has 0 atom stereocenters. The van der Waals surface area contributed by atoms with Gasteiger partial charge in [-0.05, 0) is 18.9 Å². The Kier molecular flexibility index (Phi) is 4.05. The van der Waals surface area contributed by atoms with Crippen LogP contribution in [0.2, 0.25) is 10.0 Å². The highest BCUT2D eigenvalue weighted by Crippen LogP contribution is 2.25. The van der Waals surface area contributed by atoms with Crippen LogP contribution in [-0.4, -0.2) is 44.2 Å². The first-order valence-electron chi connectivity index (χ1n) is 6.25. The van der Waals surface area contributed by atoms with Crippen LogP contribution in [0.25, 0.3) is 5.65 Å². The van der Waals surface area contributed by atoms with Gasteiger partial charge in [0.2, 0.25) is 5.91 Å². The van der Waals surface area contributed by atoms with E-state index in [0.29, 0.717) is 26.6 Å². The summed E-state index contributed by atoms with van der Waals surface area (Å²) in [5.74, 6) is 0.489. The largest absolute Gasteiger partial charge is 0.342 e. The van der Waals surface area contributed by atoms with Crippen molar-refractivity contribution in [1.82, 2.24) is 19.5 Å². The Morgan fingerprint density at radius 3 is 2.80 bits per heavy atom. The Hall–Kier alpha value is -0.980. The second-order valence-electron chi connectivity index (χ2n) is 4.56. The van der Waals surface area contributed by atoms with Crippen molar-refractivity contribution in [2.45, 2.75) is 18.0 Å². The Morgan fingerprint density at radius 2 is 2.05 bits per heavy atom. The maximum atomic E-state index is 12.0. The van der Waals surface area contributed by atoms with E-state index in [-0.39, 0.29) is 5.91 Å². The molecule has 2 aromatic rings. The highest BCUT2D eigenvalue weighted by molar-refractivity contribution is 7.99. The van der Waals surface area contributed by atoms with Gasteiger partial charge in [0.1, 0.15) is 0 Å². The Morgan fingerprint density at radius 1 is 1.30 bits per heavy atom. The van der Waals surface area contributed by atoms with E-state index in [1.165, 1.54) is 11.8 Å². The zero-order chi connectivity index (χ0) is 14.1. The maximum absolute atomic E-state index is 12.0. The maximum Gasteiger partial charge on any atom is 0.233 e. The van der Waals surface area contributed by atoms with Gasteiger partial charge in [-0.25, -0.2) is 0 Å². The molecule has 1 aliphatic rings. The fourth-order valence-electron chi connectivity index (χ4n) is 2.19. The normalized spacial score (nSPS) is 15.2. The Bertz CT molecular complexity index is 654. The molecule has 0 bridgehead atoms. The quantitative estimate of drug-likeness (QED) is 0.812. The number of aromatic nitrogens is 3. The zero-order valence-corrected chi connectivity index (χ0v) is 12.9. The van der Waals surface area contributed by atoms with Crippen LogP contribution in [0.5, 0.6) is 0 Å². The van der Waals surface area contributed by atoms with Crippen LogP contribution in [0.4, 0.5) is 0 Å². The lowest BCUT2D eigenvalue weighted by Crippen LogP contribution is -2.29. The average molecular weight is 331 g/mol. The fourth-order valence-corrected chi connectivity index (χ4v) is 3.51. The highest BCUT2D eigenvalue weighted by Gasteiger charge is 2.19. The smallest absolute Gasteiger partial charge is 0.233 e. The standard InChI is InChI=1S/C12H12Cl2N4OS/c13-8-5-9(14)11-15-16-12(18(11)6-8)20-7-10(19)17-3-1-2-4-17/h5-6H,1-4,7H2. The predicted octanol–water partition coefficient (Wildman–Crippen LogP) is 2.75. The molecule has 0 N–H and O–H groups in total. The third-order valence-corrected chi connectivity index (χ3v) is 4.59. The predicted molar refractivity (Wildman–Crippen MR) is 79.5 cm³/mol. The van der Waals surface area contributed by atoms with E-state index in [2.05, 4.69) is 10.2 Å². The van der Waals surface area contributed by atoms with Crippen molar-refractivity contribution >= 4 is 46.5 Å². The number of rotatable bonds is 3. The topological polar surface area (TPSA) is 50.5 Å². The van der Waals surface area contributed by atoms with Crippen molar-refractivity contribution in [2.24, 2.45) is 0 Å². The SMILES string of the molecule is O=C(CSc1nnc2c(Cl)cc(Cl)cn12)N1CCCC1. The molecule has 1 aliphatic heterocycles. The van der Waals surface area contributed by atoms with Gasteiger partial charge in [0.25, 0.3) is 0 Å². The molecule has 20 heavy (non-hydrogen) atoms. The first kappa shape index (κ1) is 14.0. The molecular formula is C12H12Cl2N4OS. The number of thioether (sulfide) groups is 1. The number of carbonyl (C=O) groups is 1. The fraction of sp³-hybridized carbons (Fsp3) is 0.417. The van der Waals surface area contributed by atoms with Crippen molar-refractivity contribution in [3.8, 4) is 0 Å². The van der Waals surface area contributed by atoms with Gasteiger partial charge in [-0.15, -0.1) is 10.2 Å². The number of likely N-dealkylation sites (tertiary alicyclic amines) is 1. The van der Waals surface area contributed by atoms with E-state index < -0.39 is 0 Å². The van der Waals surface area contributed by atoms with Gasteiger partial charge >= 0.3 is 0 Å². The molecule has 1 saturated heterocycles. The molecule has 0 unspecified atom stereocenters. The molecule has 0 radical (unpaired) electrons. The second-order valence-corrected chi connectivity index (χ2v) is 6.35. The molecule has 0 aliphatic carbocycles. The molecule has 1 fully saturated rings. The molecule has 8 heteroatoms. The van der Waals surface area contributed by atoms with Crippen molar-refractivity contribution < 1.29 is 4.79 Å². The van der Waals surface area contributed by atoms with Crippen LogP contribution in [0, 0.1) is 0 Å². The number of halogens is 2. The third-order valence-electron chi connectivity index (χ3n) is 3.18. The van der Waals surface area contributed by atoms with Crippen LogP contribution >= 0.6 is 35.0 Å². The summed E-state index contributed by atoms with van der Waals surface area (Å²) in [5, 5.41) is 9.65. The van der Waals surface area contributed by atoms with E-state index in [1.54, 1.807) is 16.7 Å². The molecule has 5 nitrogen and oxygen atoms in total. The molecule has 0 saturated carbocycles. The van der Waals surface area contributed by atoms with E-state index in [1.807, 2.05) is 4.90 Å². The zero-order valence-electron chi connectivity index (χ0n) is 10.6. The summed E-state index contributed by atoms with van der Waals surface area (Å²) in [7, 11) is 0. The minimum Gasteiger partial charge on any atom is -0.342 e. The number of amides is 1. The van der Waals surface area contributed by atoms with Crippen LogP contribution in [0.3, 0.4) is 0 Å². The lowest BCUT2D eigenvalue weighted by atomic mass is 10.4. The lowest BCUT2D eigenvalue weighted by molar-refractivity contribution is -0.127. The summed E-state index contributed by atoms with van der Waals surface area (Å²) in [6, 6.07) is 1.62.